The largest absolute Gasteiger partial charge is 0.313 e. The van der Waals surface area contributed by atoms with Gasteiger partial charge in [-0.1, -0.05) is 18.5 Å². The van der Waals surface area contributed by atoms with E-state index in [1.807, 2.05) is 13.0 Å². The number of benzene rings is 1. The van der Waals surface area contributed by atoms with Crippen LogP contribution in [0, 0.1) is 5.82 Å². The molecule has 0 aliphatic carbocycles. The molecule has 2 nitrogen and oxygen atoms in total. The molecule has 0 atom stereocenters. The van der Waals surface area contributed by atoms with Gasteiger partial charge in [-0.05, 0) is 41.9 Å². The molecule has 4 heteroatoms. The predicted octanol–water partition coefficient (Wildman–Crippen LogP) is 3.65. The van der Waals surface area contributed by atoms with Gasteiger partial charge in [0.15, 0.2) is 0 Å². The van der Waals surface area contributed by atoms with Crippen LogP contribution in [0.3, 0.4) is 0 Å². The number of halogens is 2. The molecule has 0 saturated carbocycles. The van der Waals surface area contributed by atoms with E-state index in [0.29, 0.717) is 5.02 Å². The standard InChI is InChI=1S/C14H14ClFN2/c1-2-17-7-10-3-12(9-18-8-10)11-4-13(15)6-14(16)5-11/h3-6,8-9,17H,2,7H2,1H3. The maximum Gasteiger partial charge on any atom is 0.125 e. The summed E-state index contributed by atoms with van der Waals surface area (Å²) in [5.74, 6) is -0.338. The second-order valence-electron chi connectivity index (χ2n) is 4.02. The lowest BCUT2D eigenvalue weighted by Crippen LogP contribution is -2.11. The molecule has 2 aromatic rings. The topological polar surface area (TPSA) is 24.9 Å². The van der Waals surface area contributed by atoms with Crippen LogP contribution in [0.5, 0.6) is 0 Å². The predicted molar refractivity (Wildman–Crippen MR) is 72.0 cm³/mol. The zero-order valence-electron chi connectivity index (χ0n) is 10.1. The number of rotatable bonds is 4. The van der Waals surface area contributed by atoms with Gasteiger partial charge in [0.1, 0.15) is 5.82 Å². The lowest BCUT2D eigenvalue weighted by Gasteiger charge is -2.06. The third-order valence-electron chi connectivity index (χ3n) is 2.57. The van der Waals surface area contributed by atoms with Crippen molar-refractivity contribution in [2.75, 3.05) is 6.54 Å². The summed E-state index contributed by atoms with van der Waals surface area (Å²) >= 11 is 5.85. The maximum absolute atomic E-state index is 13.3. The normalized spacial score (nSPS) is 10.6. The Kier molecular flexibility index (Phi) is 4.28. The Morgan fingerprint density at radius 1 is 1.17 bits per heavy atom. The first kappa shape index (κ1) is 13.0. The molecule has 0 radical (unpaired) electrons. The smallest absolute Gasteiger partial charge is 0.125 e. The van der Waals surface area contributed by atoms with Crippen LogP contribution in [0.25, 0.3) is 11.1 Å². The van der Waals surface area contributed by atoms with Gasteiger partial charge < -0.3 is 5.32 Å². The quantitative estimate of drug-likeness (QED) is 0.912. The minimum absolute atomic E-state index is 0.338. The Balaban J connectivity index is 2.32. The van der Waals surface area contributed by atoms with Crippen molar-refractivity contribution >= 4 is 11.6 Å². The highest BCUT2D eigenvalue weighted by atomic mass is 35.5. The van der Waals surface area contributed by atoms with Gasteiger partial charge in [0.05, 0.1) is 0 Å². The third-order valence-corrected chi connectivity index (χ3v) is 2.79. The van der Waals surface area contributed by atoms with E-state index in [1.54, 1.807) is 18.5 Å². The van der Waals surface area contributed by atoms with Crippen LogP contribution in [-0.2, 0) is 6.54 Å². The molecular weight excluding hydrogens is 251 g/mol. The first-order valence-corrected chi connectivity index (χ1v) is 6.18. The molecule has 1 N–H and O–H groups in total. The van der Waals surface area contributed by atoms with E-state index < -0.39 is 0 Å². The number of nitrogens with one attached hydrogen (secondary N) is 1. The van der Waals surface area contributed by atoms with Gasteiger partial charge in [-0.25, -0.2) is 4.39 Å². The highest BCUT2D eigenvalue weighted by Crippen LogP contribution is 2.24. The summed E-state index contributed by atoms with van der Waals surface area (Å²) in [7, 11) is 0. The van der Waals surface area contributed by atoms with Gasteiger partial charge >= 0.3 is 0 Å². The summed E-state index contributed by atoms with van der Waals surface area (Å²) < 4.78 is 13.3. The first-order chi connectivity index (χ1) is 8.69. The average Bonchev–Trinajstić information content (AvgIpc) is 2.35. The zero-order chi connectivity index (χ0) is 13.0. The second-order valence-corrected chi connectivity index (χ2v) is 4.46. The summed E-state index contributed by atoms with van der Waals surface area (Å²) in [5, 5.41) is 3.62. The molecule has 0 spiro atoms. The van der Waals surface area contributed by atoms with Gasteiger partial charge in [-0.2, -0.15) is 0 Å². The van der Waals surface area contributed by atoms with Gasteiger partial charge in [0, 0.05) is 29.5 Å². The molecule has 0 bridgehead atoms. The van der Waals surface area contributed by atoms with Crippen molar-refractivity contribution in [1.82, 2.24) is 10.3 Å². The summed E-state index contributed by atoms with van der Waals surface area (Å²) in [6.07, 6.45) is 3.51. The molecule has 18 heavy (non-hydrogen) atoms. The fourth-order valence-electron chi connectivity index (χ4n) is 1.73. The van der Waals surface area contributed by atoms with E-state index in [0.717, 1.165) is 29.8 Å². The van der Waals surface area contributed by atoms with E-state index in [2.05, 4.69) is 10.3 Å². The highest BCUT2D eigenvalue weighted by Gasteiger charge is 2.03. The average molecular weight is 265 g/mol. The van der Waals surface area contributed by atoms with E-state index >= 15 is 0 Å². The highest BCUT2D eigenvalue weighted by molar-refractivity contribution is 6.30. The lowest BCUT2D eigenvalue weighted by atomic mass is 10.1. The van der Waals surface area contributed by atoms with Crippen LogP contribution in [-0.4, -0.2) is 11.5 Å². The molecule has 0 aliphatic rings. The Labute approximate surface area is 111 Å². The number of hydrogen-bond acceptors (Lipinski definition) is 2. The van der Waals surface area contributed by atoms with Crippen molar-refractivity contribution in [2.24, 2.45) is 0 Å². The van der Waals surface area contributed by atoms with Gasteiger partial charge in [0.25, 0.3) is 0 Å². The summed E-state index contributed by atoms with van der Waals surface area (Å²) in [4.78, 5) is 4.17. The van der Waals surface area contributed by atoms with Crippen LogP contribution in [0.15, 0.2) is 36.7 Å². The zero-order valence-corrected chi connectivity index (χ0v) is 10.8. The van der Waals surface area contributed by atoms with Crippen LogP contribution < -0.4 is 5.32 Å². The summed E-state index contributed by atoms with van der Waals surface area (Å²) in [6, 6.07) is 6.47. The SMILES string of the molecule is CCNCc1cncc(-c2cc(F)cc(Cl)c2)c1. The van der Waals surface area contributed by atoms with Crippen molar-refractivity contribution in [3.8, 4) is 11.1 Å². The van der Waals surface area contributed by atoms with E-state index in [4.69, 9.17) is 11.6 Å². The van der Waals surface area contributed by atoms with Crippen LogP contribution in [0.4, 0.5) is 4.39 Å². The van der Waals surface area contributed by atoms with Crippen molar-refractivity contribution in [1.29, 1.82) is 0 Å². The third kappa shape index (κ3) is 3.28. The fraction of sp³-hybridized carbons (Fsp3) is 0.214. The first-order valence-electron chi connectivity index (χ1n) is 5.80. The maximum atomic E-state index is 13.3. The molecule has 2 rings (SSSR count). The molecule has 0 amide bonds. The Hall–Kier alpha value is -1.45. The van der Waals surface area contributed by atoms with Crippen molar-refractivity contribution in [3.63, 3.8) is 0 Å². The number of nitrogens with zero attached hydrogens (tertiary/aromatic N) is 1. The molecule has 0 unspecified atom stereocenters. The number of aromatic nitrogens is 1. The minimum Gasteiger partial charge on any atom is -0.313 e. The molecule has 0 fully saturated rings. The number of hydrogen-bond donors (Lipinski definition) is 1. The van der Waals surface area contributed by atoms with Crippen molar-refractivity contribution in [3.05, 3.63) is 53.1 Å². The van der Waals surface area contributed by atoms with Crippen LogP contribution in [0.1, 0.15) is 12.5 Å². The lowest BCUT2D eigenvalue weighted by molar-refractivity contribution is 0.628. The molecule has 1 aromatic heterocycles. The Morgan fingerprint density at radius 3 is 2.72 bits per heavy atom. The van der Waals surface area contributed by atoms with E-state index in [1.165, 1.54) is 12.1 Å². The summed E-state index contributed by atoms with van der Waals surface area (Å²) in [6.45, 7) is 3.69. The van der Waals surface area contributed by atoms with Crippen LogP contribution >= 0.6 is 11.6 Å². The monoisotopic (exact) mass is 264 g/mol. The Morgan fingerprint density at radius 2 is 2.00 bits per heavy atom. The van der Waals surface area contributed by atoms with Gasteiger partial charge in [0.2, 0.25) is 0 Å². The molecule has 1 aromatic carbocycles. The van der Waals surface area contributed by atoms with E-state index in [9.17, 15) is 4.39 Å². The number of pyridine rings is 1. The molecular formula is C14H14ClFN2. The Bertz CT molecular complexity index is 523. The molecule has 1 heterocycles. The van der Waals surface area contributed by atoms with Crippen LogP contribution in [0.2, 0.25) is 5.02 Å². The second kappa shape index (κ2) is 5.94. The summed E-state index contributed by atoms with van der Waals surface area (Å²) in [5.41, 5.74) is 2.67. The fourth-order valence-corrected chi connectivity index (χ4v) is 1.95. The molecule has 94 valence electrons. The van der Waals surface area contributed by atoms with E-state index in [-0.39, 0.29) is 5.82 Å². The molecule has 0 saturated heterocycles. The van der Waals surface area contributed by atoms with Gasteiger partial charge in [-0.15, -0.1) is 0 Å². The minimum atomic E-state index is -0.338. The molecule has 0 aliphatic heterocycles. The van der Waals surface area contributed by atoms with Gasteiger partial charge in [-0.3, -0.25) is 4.98 Å². The van der Waals surface area contributed by atoms with Crippen molar-refractivity contribution in [2.45, 2.75) is 13.5 Å². The van der Waals surface area contributed by atoms with Crippen molar-refractivity contribution < 1.29 is 4.39 Å².